The number of aromatic hydroxyl groups is 1. The standard InChI is InChI=1S/C22H28N4O3/c27-17-11-8-14(9-12-17)4-3-7-16(15-5-1-2-6-15)10-13-18-23-19-20(24-18)25-22(29)26-21(19)28/h8-9,11-12,15-16,27H,1-7,10,13H2,(H3,23,24,25,26,28,29). The summed E-state index contributed by atoms with van der Waals surface area (Å²) >= 11 is 0. The highest BCUT2D eigenvalue weighted by atomic mass is 16.3. The summed E-state index contributed by atoms with van der Waals surface area (Å²) in [6, 6.07) is 7.48. The molecule has 7 nitrogen and oxygen atoms in total. The molecular formula is C22H28N4O3. The zero-order chi connectivity index (χ0) is 20.2. The van der Waals surface area contributed by atoms with Gasteiger partial charge in [-0.05, 0) is 55.2 Å². The number of benzene rings is 1. The van der Waals surface area contributed by atoms with E-state index in [1.807, 2.05) is 12.1 Å². The average Bonchev–Trinajstić information content (AvgIpc) is 3.36. The number of rotatable bonds is 8. The van der Waals surface area contributed by atoms with Crippen LogP contribution in [-0.4, -0.2) is 25.0 Å². The van der Waals surface area contributed by atoms with Crippen molar-refractivity contribution >= 4 is 11.2 Å². The molecule has 1 unspecified atom stereocenters. The van der Waals surface area contributed by atoms with Crippen molar-refractivity contribution in [2.45, 2.75) is 57.8 Å². The van der Waals surface area contributed by atoms with Crippen LogP contribution in [0.15, 0.2) is 33.9 Å². The molecule has 1 aliphatic rings. The highest BCUT2D eigenvalue weighted by molar-refractivity contribution is 5.68. The summed E-state index contributed by atoms with van der Waals surface area (Å²) in [6.45, 7) is 0. The lowest BCUT2D eigenvalue weighted by Gasteiger charge is -2.23. The Labute approximate surface area is 168 Å². The third-order valence-corrected chi connectivity index (χ3v) is 6.23. The lowest BCUT2D eigenvalue weighted by molar-refractivity contribution is 0.292. The van der Waals surface area contributed by atoms with Crippen LogP contribution in [0, 0.1) is 11.8 Å². The van der Waals surface area contributed by atoms with Crippen LogP contribution in [0.2, 0.25) is 0 Å². The molecule has 1 aromatic carbocycles. The average molecular weight is 396 g/mol. The molecule has 0 amide bonds. The van der Waals surface area contributed by atoms with Crippen LogP contribution in [0.3, 0.4) is 0 Å². The number of aryl methyl sites for hydroxylation is 2. The zero-order valence-electron chi connectivity index (χ0n) is 16.5. The van der Waals surface area contributed by atoms with Gasteiger partial charge in [0.05, 0.1) is 0 Å². The monoisotopic (exact) mass is 396 g/mol. The number of nitrogens with zero attached hydrogens (tertiary/aromatic N) is 1. The Morgan fingerprint density at radius 3 is 2.52 bits per heavy atom. The smallest absolute Gasteiger partial charge is 0.327 e. The first-order valence-electron chi connectivity index (χ1n) is 10.6. The fraction of sp³-hybridized carbons (Fsp3) is 0.500. The number of H-pyrrole nitrogens is 3. The minimum Gasteiger partial charge on any atom is -0.508 e. The van der Waals surface area contributed by atoms with E-state index in [9.17, 15) is 14.7 Å². The van der Waals surface area contributed by atoms with E-state index in [1.54, 1.807) is 12.1 Å². The lowest BCUT2D eigenvalue weighted by Crippen LogP contribution is -2.21. The number of hydrogen-bond donors (Lipinski definition) is 4. The summed E-state index contributed by atoms with van der Waals surface area (Å²) in [5.74, 6) is 2.47. The van der Waals surface area contributed by atoms with Gasteiger partial charge >= 0.3 is 5.69 Å². The van der Waals surface area contributed by atoms with Crippen molar-refractivity contribution in [1.29, 1.82) is 0 Å². The molecule has 7 heteroatoms. The molecular weight excluding hydrogens is 368 g/mol. The van der Waals surface area contributed by atoms with Crippen molar-refractivity contribution in [2.24, 2.45) is 11.8 Å². The highest BCUT2D eigenvalue weighted by Gasteiger charge is 2.25. The number of aromatic nitrogens is 4. The molecule has 0 spiro atoms. The van der Waals surface area contributed by atoms with Gasteiger partial charge in [-0.25, -0.2) is 9.78 Å². The second kappa shape index (κ2) is 8.68. The Bertz CT molecular complexity index is 1060. The molecule has 2 heterocycles. The summed E-state index contributed by atoms with van der Waals surface area (Å²) in [4.78, 5) is 35.6. The van der Waals surface area contributed by atoms with Crippen LogP contribution >= 0.6 is 0 Å². The van der Waals surface area contributed by atoms with Crippen LogP contribution in [0.25, 0.3) is 11.2 Å². The van der Waals surface area contributed by atoms with Gasteiger partial charge in [-0.1, -0.05) is 37.8 Å². The number of hydrogen-bond acceptors (Lipinski definition) is 4. The van der Waals surface area contributed by atoms with Crippen molar-refractivity contribution in [2.75, 3.05) is 0 Å². The van der Waals surface area contributed by atoms with Gasteiger partial charge in [0.1, 0.15) is 17.1 Å². The van der Waals surface area contributed by atoms with Crippen LogP contribution in [-0.2, 0) is 12.8 Å². The van der Waals surface area contributed by atoms with Crippen molar-refractivity contribution in [3.63, 3.8) is 0 Å². The Morgan fingerprint density at radius 1 is 1.00 bits per heavy atom. The van der Waals surface area contributed by atoms with E-state index in [0.717, 1.165) is 37.4 Å². The Kier molecular flexibility index (Phi) is 5.83. The summed E-state index contributed by atoms with van der Waals surface area (Å²) in [6.07, 6.45) is 10.4. The maximum atomic E-state index is 11.9. The number of nitrogens with one attached hydrogen (secondary N) is 3. The van der Waals surface area contributed by atoms with Gasteiger partial charge in [-0.2, -0.15) is 0 Å². The van der Waals surface area contributed by atoms with Gasteiger partial charge in [-0.15, -0.1) is 0 Å². The van der Waals surface area contributed by atoms with Gasteiger partial charge < -0.3 is 10.1 Å². The summed E-state index contributed by atoms with van der Waals surface area (Å²) in [7, 11) is 0. The molecule has 1 atom stereocenters. The van der Waals surface area contributed by atoms with Crippen LogP contribution < -0.4 is 11.2 Å². The SMILES string of the molecule is O=c1[nH]c(=O)c2[nH]c(CCC(CCCc3ccc(O)cc3)C3CCCC3)nc2[nH]1. The van der Waals surface area contributed by atoms with E-state index in [-0.39, 0.29) is 0 Å². The van der Waals surface area contributed by atoms with Gasteiger partial charge in [0, 0.05) is 6.42 Å². The molecule has 0 saturated heterocycles. The molecule has 4 N–H and O–H groups in total. The first-order chi connectivity index (χ1) is 14.1. The van der Waals surface area contributed by atoms with Crippen LogP contribution in [0.1, 0.15) is 56.3 Å². The van der Waals surface area contributed by atoms with Gasteiger partial charge in [-0.3, -0.25) is 14.8 Å². The summed E-state index contributed by atoms with van der Waals surface area (Å²) in [5, 5.41) is 9.43. The van der Waals surface area contributed by atoms with E-state index in [4.69, 9.17) is 0 Å². The number of phenolic OH excluding ortho intramolecular Hbond substituents is 1. The lowest BCUT2D eigenvalue weighted by atomic mass is 9.83. The van der Waals surface area contributed by atoms with Crippen molar-refractivity contribution in [1.82, 2.24) is 19.9 Å². The molecule has 1 saturated carbocycles. The Balaban J connectivity index is 1.39. The Morgan fingerprint density at radius 2 is 1.76 bits per heavy atom. The zero-order valence-corrected chi connectivity index (χ0v) is 16.5. The first-order valence-corrected chi connectivity index (χ1v) is 10.6. The van der Waals surface area contributed by atoms with Gasteiger partial charge in [0.15, 0.2) is 5.65 Å². The summed E-state index contributed by atoms with van der Waals surface area (Å²) < 4.78 is 0. The second-order valence-corrected chi connectivity index (χ2v) is 8.22. The minimum atomic E-state index is -0.529. The molecule has 1 aliphatic carbocycles. The third kappa shape index (κ3) is 4.78. The molecule has 4 rings (SSSR count). The van der Waals surface area contributed by atoms with Crippen molar-refractivity contribution < 1.29 is 5.11 Å². The fourth-order valence-electron chi connectivity index (χ4n) is 4.70. The molecule has 0 radical (unpaired) electrons. The number of aromatic amines is 3. The normalized spacial score (nSPS) is 15.9. The third-order valence-electron chi connectivity index (χ3n) is 6.23. The predicted octanol–water partition coefficient (Wildman–Crippen LogP) is 3.41. The number of imidazole rings is 1. The molecule has 29 heavy (non-hydrogen) atoms. The molecule has 0 bridgehead atoms. The molecule has 1 fully saturated rings. The molecule has 154 valence electrons. The van der Waals surface area contributed by atoms with Gasteiger partial charge in [0.2, 0.25) is 0 Å². The van der Waals surface area contributed by atoms with Gasteiger partial charge in [0.25, 0.3) is 5.56 Å². The predicted molar refractivity (Wildman–Crippen MR) is 112 cm³/mol. The van der Waals surface area contributed by atoms with E-state index in [2.05, 4.69) is 19.9 Å². The van der Waals surface area contributed by atoms with Crippen molar-refractivity contribution in [3.8, 4) is 5.75 Å². The van der Waals surface area contributed by atoms with Crippen LogP contribution in [0.5, 0.6) is 5.75 Å². The maximum absolute atomic E-state index is 11.9. The fourth-order valence-corrected chi connectivity index (χ4v) is 4.70. The maximum Gasteiger partial charge on any atom is 0.327 e. The topological polar surface area (TPSA) is 115 Å². The van der Waals surface area contributed by atoms with E-state index >= 15 is 0 Å². The largest absolute Gasteiger partial charge is 0.508 e. The van der Waals surface area contributed by atoms with Crippen LogP contribution in [0.4, 0.5) is 0 Å². The number of fused-ring (bicyclic) bond motifs is 1. The van der Waals surface area contributed by atoms with E-state index in [1.165, 1.54) is 37.7 Å². The molecule has 0 aliphatic heterocycles. The highest BCUT2D eigenvalue weighted by Crippen LogP contribution is 2.36. The number of phenols is 1. The molecule has 3 aromatic rings. The minimum absolute atomic E-state index is 0.309. The van der Waals surface area contributed by atoms with E-state index in [0.29, 0.717) is 22.8 Å². The Hall–Kier alpha value is -2.83. The molecule has 2 aromatic heterocycles. The van der Waals surface area contributed by atoms with E-state index < -0.39 is 11.2 Å². The van der Waals surface area contributed by atoms with Crippen molar-refractivity contribution in [3.05, 3.63) is 56.5 Å². The first kappa shape index (κ1) is 19.5. The quantitative estimate of drug-likeness (QED) is 0.467. The second-order valence-electron chi connectivity index (χ2n) is 8.22. The summed E-state index contributed by atoms with van der Waals surface area (Å²) in [5.41, 5.74) is 0.971.